The predicted molar refractivity (Wildman–Crippen MR) is 69.9 cm³/mol. The molecule has 2 rings (SSSR count). The number of piperidine rings is 1. The average molecular weight is 250 g/mol. The van der Waals surface area contributed by atoms with Crippen LogP contribution in [0.4, 0.5) is 14.9 Å². The van der Waals surface area contributed by atoms with Gasteiger partial charge in [0.25, 0.3) is 0 Å². The molecule has 98 valence electrons. The molecular weight excluding hydrogens is 231 g/mol. The highest BCUT2D eigenvalue weighted by atomic mass is 19.1. The van der Waals surface area contributed by atoms with E-state index in [9.17, 15) is 9.18 Å². The number of likely N-dealkylation sites (tertiary alicyclic amines) is 1. The van der Waals surface area contributed by atoms with Gasteiger partial charge < -0.3 is 10.2 Å². The molecule has 1 aliphatic heterocycles. The fraction of sp³-hybridized carbons (Fsp3) is 0.500. The number of rotatable bonds is 1. The van der Waals surface area contributed by atoms with Crippen molar-refractivity contribution in [3.8, 4) is 0 Å². The summed E-state index contributed by atoms with van der Waals surface area (Å²) in [4.78, 5) is 13.8. The van der Waals surface area contributed by atoms with Gasteiger partial charge in [-0.15, -0.1) is 0 Å². The SMILES string of the molecule is C[C@H]1C[C@H](C)CN(C(=O)Nc2ccccc2F)C1. The van der Waals surface area contributed by atoms with E-state index in [1.807, 2.05) is 0 Å². The largest absolute Gasteiger partial charge is 0.324 e. The number of anilines is 1. The Labute approximate surface area is 107 Å². The third-order valence-corrected chi connectivity index (χ3v) is 3.27. The van der Waals surface area contributed by atoms with E-state index in [0.29, 0.717) is 11.8 Å². The van der Waals surface area contributed by atoms with E-state index in [-0.39, 0.29) is 11.7 Å². The van der Waals surface area contributed by atoms with Crippen LogP contribution in [0.15, 0.2) is 24.3 Å². The van der Waals surface area contributed by atoms with Crippen molar-refractivity contribution in [2.45, 2.75) is 20.3 Å². The summed E-state index contributed by atoms with van der Waals surface area (Å²) in [5, 5.41) is 2.63. The molecule has 1 fully saturated rings. The van der Waals surface area contributed by atoms with Crippen LogP contribution in [0.2, 0.25) is 0 Å². The molecule has 0 aromatic heterocycles. The standard InChI is InChI=1S/C14H19FN2O/c1-10-7-11(2)9-17(8-10)14(18)16-13-6-4-3-5-12(13)15/h3-6,10-11H,7-9H2,1-2H3,(H,16,18)/t10-,11-/m0/s1. The van der Waals surface area contributed by atoms with Crippen molar-refractivity contribution >= 4 is 11.7 Å². The lowest BCUT2D eigenvalue weighted by Gasteiger charge is -2.34. The lowest BCUT2D eigenvalue weighted by Crippen LogP contribution is -2.44. The van der Waals surface area contributed by atoms with Gasteiger partial charge in [-0.3, -0.25) is 0 Å². The van der Waals surface area contributed by atoms with Crippen LogP contribution < -0.4 is 5.32 Å². The Morgan fingerprint density at radius 1 is 1.28 bits per heavy atom. The number of nitrogens with one attached hydrogen (secondary N) is 1. The molecule has 1 saturated heterocycles. The van der Waals surface area contributed by atoms with Gasteiger partial charge in [0.2, 0.25) is 0 Å². The second-order valence-electron chi connectivity index (χ2n) is 5.26. The second kappa shape index (κ2) is 5.38. The summed E-state index contributed by atoms with van der Waals surface area (Å²) in [7, 11) is 0. The highest BCUT2D eigenvalue weighted by Gasteiger charge is 2.25. The van der Waals surface area contributed by atoms with Crippen molar-refractivity contribution in [2.75, 3.05) is 18.4 Å². The van der Waals surface area contributed by atoms with Crippen molar-refractivity contribution in [1.29, 1.82) is 0 Å². The first-order chi connectivity index (χ1) is 8.56. The van der Waals surface area contributed by atoms with Crippen LogP contribution >= 0.6 is 0 Å². The van der Waals surface area contributed by atoms with Gasteiger partial charge in [0.15, 0.2) is 0 Å². The van der Waals surface area contributed by atoms with E-state index in [1.165, 1.54) is 6.07 Å². The molecule has 2 atom stereocenters. The number of carbonyl (C=O) groups is 1. The molecule has 0 radical (unpaired) electrons. The molecule has 0 aliphatic carbocycles. The summed E-state index contributed by atoms with van der Waals surface area (Å²) in [6, 6.07) is 6.02. The summed E-state index contributed by atoms with van der Waals surface area (Å²) in [6.45, 7) is 5.76. The van der Waals surface area contributed by atoms with Crippen molar-refractivity contribution in [3.63, 3.8) is 0 Å². The number of benzene rings is 1. The molecule has 1 aromatic rings. The van der Waals surface area contributed by atoms with E-state index >= 15 is 0 Å². The number of hydrogen-bond acceptors (Lipinski definition) is 1. The van der Waals surface area contributed by atoms with Crippen LogP contribution in [0.3, 0.4) is 0 Å². The molecule has 0 unspecified atom stereocenters. The minimum atomic E-state index is -0.399. The maximum Gasteiger partial charge on any atom is 0.321 e. The van der Waals surface area contributed by atoms with E-state index in [1.54, 1.807) is 23.1 Å². The van der Waals surface area contributed by atoms with Crippen LogP contribution in [-0.2, 0) is 0 Å². The number of carbonyl (C=O) groups excluding carboxylic acids is 1. The molecule has 1 heterocycles. The number of amides is 2. The van der Waals surface area contributed by atoms with Crippen molar-refractivity contribution < 1.29 is 9.18 Å². The molecule has 18 heavy (non-hydrogen) atoms. The van der Waals surface area contributed by atoms with Crippen LogP contribution in [0.1, 0.15) is 20.3 Å². The topological polar surface area (TPSA) is 32.3 Å². The smallest absolute Gasteiger partial charge is 0.321 e. The Bertz CT molecular complexity index is 426. The van der Waals surface area contributed by atoms with E-state index in [0.717, 1.165) is 19.5 Å². The zero-order valence-corrected chi connectivity index (χ0v) is 10.8. The fourth-order valence-corrected chi connectivity index (χ4v) is 2.59. The van der Waals surface area contributed by atoms with Gasteiger partial charge in [-0.2, -0.15) is 0 Å². The Hall–Kier alpha value is -1.58. The first-order valence-corrected chi connectivity index (χ1v) is 6.36. The van der Waals surface area contributed by atoms with Gasteiger partial charge >= 0.3 is 6.03 Å². The molecule has 1 N–H and O–H groups in total. The molecule has 0 spiro atoms. The molecule has 4 heteroatoms. The van der Waals surface area contributed by atoms with Crippen LogP contribution in [0.5, 0.6) is 0 Å². The van der Waals surface area contributed by atoms with E-state index in [2.05, 4.69) is 19.2 Å². The predicted octanol–water partition coefficient (Wildman–Crippen LogP) is 3.34. The second-order valence-corrected chi connectivity index (χ2v) is 5.26. The average Bonchev–Trinajstić information content (AvgIpc) is 2.31. The van der Waals surface area contributed by atoms with E-state index in [4.69, 9.17) is 0 Å². The minimum absolute atomic E-state index is 0.210. The van der Waals surface area contributed by atoms with Crippen LogP contribution in [0.25, 0.3) is 0 Å². The normalized spacial score (nSPS) is 23.8. The van der Waals surface area contributed by atoms with Gasteiger partial charge in [0, 0.05) is 13.1 Å². The molecule has 2 amide bonds. The van der Waals surface area contributed by atoms with Crippen molar-refractivity contribution in [1.82, 2.24) is 4.90 Å². The number of para-hydroxylation sites is 1. The maximum absolute atomic E-state index is 13.4. The number of nitrogens with zero attached hydrogens (tertiary/aromatic N) is 1. The third-order valence-electron chi connectivity index (χ3n) is 3.27. The third kappa shape index (κ3) is 3.00. The summed E-state index contributed by atoms with van der Waals surface area (Å²) in [6.07, 6.45) is 1.14. The summed E-state index contributed by atoms with van der Waals surface area (Å²) >= 11 is 0. The monoisotopic (exact) mass is 250 g/mol. The Morgan fingerprint density at radius 2 is 1.89 bits per heavy atom. The Balaban J connectivity index is 2.02. The Morgan fingerprint density at radius 3 is 2.50 bits per heavy atom. The minimum Gasteiger partial charge on any atom is -0.324 e. The van der Waals surface area contributed by atoms with Crippen molar-refractivity contribution in [2.24, 2.45) is 11.8 Å². The summed E-state index contributed by atoms with van der Waals surface area (Å²) in [5.41, 5.74) is 0.244. The molecule has 0 bridgehead atoms. The number of urea groups is 1. The van der Waals surface area contributed by atoms with Crippen LogP contribution in [0, 0.1) is 17.7 Å². The van der Waals surface area contributed by atoms with Gasteiger partial charge in [0.05, 0.1) is 5.69 Å². The van der Waals surface area contributed by atoms with Gasteiger partial charge in [-0.1, -0.05) is 26.0 Å². The highest BCUT2D eigenvalue weighted by Crippen LogP contribution is 2.22. The maximum atomic E-state index is 13.4. The highest BCUT2D eigenvalue weighted by molar-refractivity contribution is 5.89. The van der Waals surface area contributed by atoms with Gasteiger partial charge in [-0.25, -0.2) is 9.18 Å². The number of halogens is 1. The molecule has 3 nitrogen and oxygen atoms in total. The first-order valence-electron chi connectivity index (χ1n) is 6.36. The summed E-state index contributed by atoms with van der Waals surface area (Å²) in [5.74, 6) is 0.601. The van der Waals surface area contributed by atoms with Gasteiger partial charge in [0.1, 0.15) is 5.82 Å². The number of hydrogen-bond donors (Lipinski definition) is 1. The van der Waals surface area contributed by atoms with Crippen LogP contribution in [-0.4, -0.2) is 24.0 Å². The quantitative estimate of drug-likeness (QED) is 0.814. The molecular formula is C14H19FN2O. The first kappa shape index (κ1) is 12.9. The molecule has 1 aromatic carbocycles. The van der Waals surface area contributed by atoms with E-state index < -0.39 is 5.82 Å². The lowest BCUT2D eigenvalue weighted by molar-refractivity contribution is 0.156. The Kier molecular flexibility index (Phi) is 3.84. The fourth-order valence-electron chi connectivity index (χ4n) is 2.59. The van der Waals surface area contributed by atoms with Gasteiger partial charge in [-0.05, 0) is 30.4 Å². The summed E-state index contributed by atoms with van der Waals surface area (Å²) < 4.78 is 13.4. The van der Waals surface area contributed by atoms with Crippen molar-refractivity contribution in [3.05, 3.63) is 30.1 Å². The zero-order chi connectivity index (χ0) is 13.1. The zero-order valence-electron chi connectivity index (χ0n) is 10.8. The molecule has 0 saturated carbocycles. The molecule has 1 aliphatic rings. The lowest BCUT2D eigenvalue weighted by atomic mass is 9.92.